The molecule has 0 saturated heterocycles. The summed E-state index contributed by atoms with van der Waals surface area (Å²) in [4.78, 5) is 12.6. The summed E-state index contributed by atoms with van der Waals surface area (Å²) in [6.45, 7) is 0. The average Bonchev–Trinajstić information content (AvgIpc) is 2.39. The quantitative estimate of drug-likeness (QED) is 0.821. The fourth-order valence-corrected chi connectivity index (χ4v) is 2.92. The predicted octanol–water partition coefficient (Wildman–Crippen LogP) is 3.01. The maximum Gasteiger partial charge on any atom is 0.412 e. The van der Waals surface area contributed by atoms with E-state index in [0.29, 0.717) is 0 Å². The van der Waals surface area contributed by atoms with E-state index in [9.17, 15) is 4.79 Å². The number of hydrogen-bond donors (Lipinski definition) is 1. The third-order valence-electron chi connectivity index (χ3n) is 3.08. The van der Waals surface area contributed by atoms with Gasteiger partial charge >= 0.3 is 6.09 Å². The summed E-state index contributed by atoms with van der Waals surface area (Å²) in [7, 11) is 1.57. The maximum absolute atomic E-state index is 11.3. The van der Waals surface area contributed by atoms with Crippen LogP contribution in [0, 0.1) is 0 Å². The Balaban J connectivity index is 2.37. The largest absolute Gasteiger partial charge is 0.412 e. The van der Waals surface area contributed by atoms with E-state index in [1.165, 1.54) is 28.9 Å². The highest BCUT2D eigenvalue weighted by Crippen LogP contribution is 2.35. The molecule has 1 N–H and O–H groups in total. The molecule has 0 aromatic heterocycles. The third-order valence-corrected chi connectivity index (χ3v) is 3.90. The summed E-state index contributed by atoms with van der Waals surface area (Å²) < 4.78 is 5.30. The van der Waals surface area contributed by atoms with Gasteiger partial charge in [0.25, 0.3) is 0 Å². The van der Waals surface area contributed by atoms with Crippen LogP contribution in [0.5, 0.6) is 5.75 Å². The van der Waals surface area contributed by atoms with Gasteiger partial charge in [0.15, 0.2) is 0 Å². The lowest BCUT2D eigenvalue weighted by Gasteiger charge is -2.21. The Kier molecular flexibility index (Phi) is 3.94. The van der Waals surface area contributed by atoms with Gasteiger partial charge in [0.2, 0.25) is 0 Å². The molecular formula is C13H17NO2S. The predicted molar refractivity (Wildman–Crippen MR) is 69.9 cm³/mol. The molecule has 0 aliphatic heterocycles. The molecule has 1 aliphatic carbocycles. The van der Waals surface area contributed by atoms with Crippen molar-refractivity contribution in [3.63, 3.8) is 0 Å². The second-order valence-corrected chi connectivity index (χ2v) is 4.92. The Labute approximate surface area is 106 Å². The number of fused-ring (bicyclic) bond motifs is 1. The molecule has 0 heterocycles. The molecule has 17 heavy (non-hydrogen) atoms. The number of hydrogen-bond acceptors (Lipinski definition) is 3. The zero-order valence-electron chi connectivity index (χ0n) is 10.2. The zero-order valence-corrected chi connectivity index (χ0v) is 11.0. The lowest BCUT2D eigenvalue weighted by atomic mass is 9.91. The number of carbonyl (C=O) groups excluding carboxylic acids is 1. The van der Waals surface area contributed by atoms with Gasteiger partial charge < -0.3 is 10.1 Å². The Morgan fingerprint density at radius 1 is 1.29 bits per heavy atom. The first-order chi connectivity index (χ1) is 8.26. The summed E-state index contributed by atoms with van der Waals surface area (Å²) in [5.74, 6) is 0.719. The fourth-order valence-electron chi connectivity index (χ4n) is 2.24. The summed E-state index contributed by atoms with van der Waals surface area (Å²) in [5, 5.41) is 2.48. The van der Waals surface area contributed by atoms with Gasteiger partial charge in [-0.2, -0.15) is 0 Å². The maximum atomic E-state index is 11.3. The van der Waals surface area contributed by atoms with E-state index in [2.05, 4.69) is 11.6 Å². The zero-order chi connectivity index (χ0) is 12.3. The van der Waals surface area contributed by atoms with Crippen molar-refractivity contribution in [1.82, 2.24) is 5.32 Å². The van der Waals surface area contributed by atoms with Gasteiger partial charge in [-0.1, -0.05) is 0 Å². The highest BCUT2D eigenvalue weighted by molar-refractivity contribution is 7.98. The summed E-state index contributed by atoms with van der Waals surface area (Å²) >= 11 is 1.76. The van der Waals surface area contributed by atoms with Crippen LogP contribution in [-0.4, -0.2) is 19.4 Å². The van der Waals surface area contributed by atoms with Crippen LogP contribution < -0.4 is 10.1 Å². The number of thioether (sulfide) groups is 1. The minimum Gasteiger partial charge on any atom is -0.410 e. The molecule has 1 aromatic carbocycles. The molecule has 0 atom stereocenters. The molecule has 2 rings (SSSR count). The number of carbonyl (C=O) groups is 1. The van der Waals surface area contributed by atoms with E-state index in [-0.39, 0.29) is 0 Å². The van der Waals surface area contributed by atoms with E-state index < -0.39 is 6.09 Å². The van der Waals surface area contributed by atoms with Crippen LogP contribution in [0.4, 0.5) is 4.79 Å². The van der Waals surface area contributed by atoms with E-state index >= 15 is 0 Å². The molecular weight excluding hydrogens is 234 g/mol. The molecule has 0 spiro atoms. The van der Waals surface area contributed by atoms with Gasteiger partial charge in [-0.05, 0) is 55.2 Å². The average molecular weight is 251 g/mol. The van der Waals surface area contributed by atoms with Crippen molar-refractivity contribution in [3.05, 3.63) is 23.3 Å². The number of amides is 1. The van der Waals surface area contributed by atoms with Crippen LogP contribution in [0.3, 0.4) is 0 Å². The Morgan fingerprint density at radius 2 is 2.00 bits per heavy atom. The van der Waals surface area contributed by atoms with E-state index in [4.69, 9.17) is 4.74 Å². The van der Waals surface area contributed by atoms with E-state index in [1.54, 1.807) is 18.8 Å². The summed E-state index contributed by atoms with van der Waals surface area (Å²) in [6, 6.07) is 3.96. The fraction of sp³-hybridized carbons (Fsp3) is 0.462. The van der Waals surface area contributed by atoms with Crippen molar-refractivity contribution in [2.24, 2.45) is 0 Å². The molecule has 1 aromatic rings. The van der Waals surface area contributed by atoms with Crippen molar-refractivity contribution >= 4 is 17.9 Å². The SMILES string of the molecule is CNC(=O)Oc1ccc(SC)c2c1CCCC2. The molecule has 4 heteroatoms. The highest BCUT2D eigenvalue weighted by atomic mass is 32.2. The van der Waals surface area contributed by atoms with Crippen LogP contribution in [0.15, 0.2) is 17.0 Å². The first-order valence-electron chi connectivity index (χ1n) is 5.84. The summed E-state index contributed by atoms with van der Waals surface area (Å²) in [6.07, 6.45) is 6.20. The number of nitrogens with one attached hydrogen (secondary N) is 1. The van der Waals surface area contributed by atoms with Gasteiger partial charge in [-0.25, -0.2) is 4.79 Å². The van der Waals surface area contributed by atoms with Crippen molar-refractivity contribution in [2.75, 3.05) is 13.3 Å². The van der Waals surface area contributed by atoms with Crippen molar-refractivity contribution < 1.29 is 9.53 Å². The minimum absolute atomic E-state index is 0.394. The molecule has 92 valence electrons. The van der Waals surface area contributed by atoms with E-state index in [0.717, 1.165) is 18.6 Å². The van der Waals surface area contributed by atoms with Crippen molar-refractivity contribution in [3.8, 4) is 5.75 Å². The van der Waals surface area contributed by atoms with Crippen molar-refractivity contribution in [2.45, 2.75) is 30.6 Å². The lowest BCUT2D eigenvalue weighted by Crippen LogP contribution is -2.23. The van der Waals surface area contributed by atoms with E-state index in [1.807, 2.05) is 12.1 Å². The molecule has 1 amide bonds. The van der Waals surface area contributed by atoms with Gasteiger partial charge in [-0.15, -0.1) is 11.8 Å². The monoisotopic (exact) mass is 251 g/mol. The number of benzene rings is 1. The topological polar surface area (TPSA) is 38.3 Å². The normalized spacial score (nSPS) is 14.0. The van der Waals surface area contributed by atoms with Gasteiger partial charge in [-0.3, -0.25) is 0 Å². The molecule has 0 saturated carbocycles. The van der Waals surface area contributed by atoms with Gasteiger partial charge in [0.1, 0.15) is 5.75 Å². The number of ether oxygens (including phenoxy) is 1. The highest BCUT2D eigenvalue weighted by Gasteiger charge is 2.18. The third kappa shape index (κ3) is 2.57. The van der Waals surface area contributed by atoms with Crippen molar-refractivity contribution in [1.29, 1.82) is 0 Å². The smallest absolute Gasteiger partial charge is 0.410 e. The molecule has 0 radical (unpaired) electrons. The number of rotatable bonds is 2. The standard InChI is InChI=1S/C13H17NO2S/c1-14-13(15)16-11-7-8-12(17-2)10-6-4-3-5-9(10)11/h7-8H,3-6H2,1-2H3,(H,14,15). The molecule has 3 nitrogen and oxygen atoms in total. The molecule has 0 bridgehead atoms. The minimum atomic E-state index is -0.394. The second kappa shape index (κ2) is 5.45. The second-order valence-electron chi connectivity index (χ2n) is 4.07. The van der Waals surface area contributed by atoms with Crippen LogP contribution in [-0.2, 0) is 12.8 Å². The Bertz CT molecular complexity index is 432. The first-order valence-corrected chi connectivity index (χ1v) is 7.07. The van der Waals surface area contributed by atoms with Gasteiger partial charge in [0, 0.05) is 11.9 Å². The van der Waals surface area contributed by atoms with Crippen LogP contribution in [0.2, 0.25) is 0 Å². The summed E-state index contributed by atoms with van der Waals surface area (Å²) in [5.41, 5.74) is 2.58. The first kappa shape index (κ1) is 12.3. The lowest BCUT2D eigenvalue weighted by molar-refractivity contribution is 0.202. The van der Waals surface area contributed by atoms with Crippen LogP contribution in [0.25, 0.3) is 0 Å². The molecule has 1 aliphatic rings. The Morgan fingerprint density at radius 3 is 2.65 bits per heavy atom. The van der Waals surface area contributed by atoms with Gasteiger partial charge in [0.05, 0.1) is 0 Å². The van der Waals surface area contributed by atoms with Crippen LogP contribution >= 0.6 is 11.8 Å². The molecule has 0 fully saturated rings. The Hall–Kier alpha value is -1.16. The molecule has 0 unspecified atom stereocenters. The van der Waals surface area contributed by atoms with Crippen LogP contribution in [0.1, 0.15) is 24.0 Å².